The first kappa shape index (κ1) is 5.80. The van der Waals surface area contributed by atoms with Crippen LogP contribution in [0.15, 0.2) is 24.3 Å². The number of rotatable bonds is 0. The second-order valence-electron chi connectivity index (χ2n) is 1.80. The van der Waals surface area contributed by atoms with Gasteiger partial charge in [0.15, 0.2) is 5.22 Å². The summed E-state index contributed by atoms with van der Waals surface area (Å²) in [5.41, 5.74) is 0. The van der Waals surface area contributed by atoms with E-state index in [1.807, 2.05) is 0 Å². The lowest BCUT2D eigenvalue weighted by Gasteiger charge is -1.73. The second-order valence-corrected chi connectivity index (χ2v) is 1.80. The quantitative estimate of drug-likeness (QED) is 0.486. The van der Waals surface area contributed by atoms with Crippen LogP contribution in [0.5, 0.6) is 0 Å². The van der Waals surface area contributed by atoms with Crippen molar-refractivity contribution in [1.82, 2.24) is 0 Å². The minimum absolute atomic E-state index is 0.709. The Kier molecular flexibility index (Phi) is 1.48. The molecule has 1 nitrogen and oxygen atoms in total. The van der Waals surface area contributed by atoms with E-state index in [1.54, 1.807) is 24.3 Å². The van der Waals surface area contributed by atoms with E-state index >= 15 is 0 Å². The fourth-order valence-corrected chi connectivity index (χ4v) is 0.582. The maximum absolute atomic E-state index is 8.46. The summed E-state index contributed by atoms with van der Waals surface area (Å²) < 4.78 is 0. The van der Waals surface area contributed by atoms with Crippen LogP contribution in [0, 0.1) is 0 Å². The number of aliphatic hydroxyl groups excluding tert-OH is 1. The first-order chi connectivity index (χ1) is 4.33. The van der Waals surface area contributed by atoms with Gasteiger partial charge in [0, 0.05) is 23.9 Å². The van der Waals surface area contributed by atoms with Crippen LogP contribution < -0.4 is 10.4 Å². The fourth-order valence-electron chi connectivity index (χ4n) is 0.582. The van der Waals surface area contributed by atoms with Gasteiger partial charge in [-0.2, -0.15) is 0 Å². The zero-order chi connectivity index (χ0) is 6.69. The van der Waals surface area contributed by atoms with Crippen molar-refractivity contribution < 1.29 is 5.11 Å². The molecule has 9 heavy (non-hydrogen) atoms. The van der Waals surface area contributed by atoms with Gasteiger partial charge in [-0.25, -0.2) is 0 Å². The van der Waals surface area contributed by atoms with Crippen LogP contribution in [-0.4, -0.2) is 5.11 Å². The van der Waals surface area contributed by atoms with Crippen molar-refractivity contribution in [1.29, 1.82) is 0 Å². The summed E-state index contributed by atoms with van der Waals surface area (Å²) in [4.78, 5) is 0. The third kappa shape index (κ3) is 1.28. The molecule has 0 spiro atoms. The molecule has 0 saturated heterocycles. The first-order valence-electron chi connectivity index (χ1n) is 2.66. The first-order valence-corrected chi connectivity index (χ1v) is 2.66. The summed E-state index contributed by atoms with van der Waals surface area (Å²) in [6.07, 6.45) is 1.04. The molecule has 0 unspecified atom stereocenters. The predicted molar refractivity (Wildman–Crippen MR) is 37.3 cm³/mol. The summed E-state index contributed by atoms with van der Waals surface area (Å²) in [5.74, 6) is 0. The topological polar surface area (TPSA) is 20.2 Å². The minimum atomic E-state index is 0.709. The molecular formula is C8H7O+. The van der Waals surface area contributed by atoms with Crippen molar-refractivity contribution in [3.8, 4) is 0 Å². The molecule has 0 atom stereocenters. The molecule has 0 amide bonds. The van der Waals surface area contributed by atoms with Crippen molar-refractivity contribution in [2.45, 2.75) is 0 Å². The van der Waals surface area contributed by atoms with Crippen LogP contribution in [0.4, 0.5) is 0 Å². The van der Waals surface area contributed by atoms with Gasteiger partial charge in [0.05, 0.1) is 18.4 Å². The van der Waals surface area contributed by atoms with E-state index in [4.69, 9.17) is 11.7 Å². The Hall–Kier alpha value is -1.33. The molecule has 44 valence electrons. The molecule has 0 aromatic heterocycles. The fraction of sp³-hybridized carbons (Fsp3) is 0. The monoisotopic (exact) mass is 119 g/mol. The molecule has 0 aliphatic rings. The maximum atomic E-state index is 8.46. The summed E-state index contributed by atoms with van der Waals surface area (Å²) in [6.45, 7) is 5.39. The highest BCUT2D eigenvalue weighted by atomic mass is 16.2. The Balaban J connectivity index is 3.34. The van der Waals surface area contributed by atoms with Crippen LogP contribution in [0.2, 0.25) is 0 Å². The average Bonchev–Trinajstić information content (AvgIpc) is 1.90. The van der Waals surface area contributed by atoms with Crippen LogP contribution >= 0.6 is 0 Å². The van der Waals surface area contributed by atoms with Gasteiger partial charge in [0.25, 0.3) is 0 Å². The number of hydrogen-bond acceptors (Lipinski definition) is 1. The van der Waals surface area contributed by atoms with Crippen LogP contribution in [0.25, 0.3) is 12.8 Å². The van der Waals surface area contributed by atoms with Crippen molar-refractivity contribution in [2.24, 2.45) is 0 Å². The van der Waals surface area contributed by atoms with Gasteiger partial charge in [-0.05, 0) is 0 Å². The Morgan fingerprint density at radius 2 is 1.78 bits per heavy atom. The van der Waals surface area contributed by atoms with E-state index in [1.165, 1.54) is 0 Å². The van der Waals surface area contributed by atoms with Crippen molar-refractivity contribution >= 4 is 12.8 Å². The van der Waals surface area contributed by atoms with Crippen LogP contribution in [0.1, 0.15) is 0 Å². The minimum Gasteiger partial charge on any atom is -0.515 e. The van der Waals surface area contributed by atoms with Gasteiger partial charge in [0.1, 0.15) is 0 Å². The molecule has 0 heterocycles. The van der Waals surface area contributed by atoms with Gasteiger partial charge < -0.3 is 5.11 Å². The van der Waals surface area contributed by atoms with E-state index < -0.39 is 0 Å². The zero-order valence-corrected chi connectivity index (χ0v) is 4.91. The Labute approximate surface area is 53.6 Å². The van der Waals surface area contributed by atoms with E-state index in [0.717, 1.165) is 11.5 Å². The standard InChI is InChI=1S/C8H6O/c1-7-2-4-8(6-9)5-3-7/h1-6H/p+1. The Morgan fingerprint density at radius 1 is 1.22 bits per heavy atom. The average molecular weight is 119 g/mol. The largest absolute Gasteiger partial charge is 0.515 e. The summed E-state index contributed by atoms with van der Waals surface area (Å²) in [6, 6.07) is 6.97. The van der Waals surface area contributed by atoms with Gasteiger partial charge in [-0.1, -0.05) is 0 Å². The summed E-state index contributed by atoms with van der Waals surface area (Å²) in [7, 11) is 0. The second kappa shape index (κ2) is 2.29. The summed E-state index contributed by atoms with van der Waals surface area (Å²) in [5, 5.41) is 9.94. The lowest BCUT2D eigenvalue weighted by molar-refractivity contribution is 0.540. The normalized spacial score (nSPS) is 8.78. The third-order valence-electron chi connectivity index (χ3n) is 1.09. The van der Waals surface area contributed by atoms with E-state index in [9.17, 15) is 0 Å². The van der Waals surface area contributed by atoms with E-state index in [2.05, 4.69) is 0 Å². The lowest BCUT2D eigenvalue weighted by atomic mass is 10.3. The smallest absolute Gasteiger partial charge is 0.180 e. The zero-order valence-electron chi connectivity index (χ0n) is 4.91. The number of hydrogen-bond donors (Lipinski definition) is 1. The van der Waals surface area contributed by atoms with Crippen molar-refractivity contribution in [2.75, 3.05) is 0 Å². The van der Waals surface area contributed by atoms with Gasteiger partial charge in [0.2, 0.25) is 0 Å². The molecule has 1 rings (SSSR count). The molecule has 0 fully saturated rings. The Bertz CT molecular complexity index is 264. The Morgan fingerprint density at radius 3 is 2.22 bits per heavy atom. The van der Waals surface area contributed by atoms with Gasteiger partial charge >= 0.3 is 0 Å². The van der Waals surface area contributed by atoms with Crippen molar-refractivity contribution in [3.05, 3.63) is 34.7 Å². The van der Waals surface area contributed by atoms with E-state index in [0.29, 0.717) is 5.22 Å². The molecule has 1 N–H and O–H groups in total. The molecule has 1 aromatic carbocycles. The molecule has 1 heteroatoms. The molecule has 1 aromatic rings. The number of benzene rings is 1. The van der Waals surface area contributed by atoms with E-state index in [-0.39, 0.29) is 0 Å². The lowest BCUT2D eigenvalue weighted by Crippen LogP contribution is -2.04. The molecule has 0 aliphatic heterocycles. The predicted octanol–water partition coefficient (Wildman–Crippen LogP) is 0.270. The molecule has 0 saturated carbocycles. The maximum Gasteiger partial charge on any atom is 0.180 e. The van der Waals surface area contributed by atoms with Crippen LogP contribution in [0.3, 0.4) is 0 Å². The highest BCUT2D eigenvalue weighted by Crippen LogP contribution is 1.65. The molecule has 0 bridgehead atoms. The molecule has 0 aliphatic carbocycles. The van der Waals surface area contributed by atoms with Gasteiger partial charge in [-0.3, -0.25) is 0 Å². The number of aliphatic hydroxyl groups is 1. The van der Waals surface area contributed by atoms with Gasteiger partial charge in [-0.15, -0.1) is 0 Å². The highest BCUT2D eigenvalue weighted by Gasteiger charge is 1.82. The highest BCUT2D eigenvalue weighted by molar-refractivity contribution is 5.17. The summed E-state index contributed by atoms with van der Waals surface area (Å²) >= 11 is 0. The van der Waals surface area contributed by atoms with Crippen LogP contribution in [-0.2, 0) is 0 Å². The SMILES string of the molecule is [CH+]=c1ccc(=CO)cc1. The molecular weight excluding hydrogens is 112 g/mol. The molecule has 0 radical (unpaired) electrons. The third-order valence-corrected chi connectivity index (χ3v) is 1.09. The van der Waals surface area contributed by atoms with Crippen molar-refractivity contribution in [3.63, 3.8) is 0 Å².